The first kappa shape index (κ1) is 26.0. The molecule has 1 aliphatic heterocycles. The van der Waals surface area contributed by atoms with Crippen LogP contribution in [0.15, 0.2) is 91.0 Å². The van der Waals surface area contributed by atoms with Gasteiger partial charge in [-0.25, -0.2) is 0 Å². The number of carbonyl (C=O) groups is 1. The van der Waals surface area contributed by atoms with Crippen molar-refractivity contribution in [2.75, 3.05) is 26.2 Å². The van der Waals surface area contributed by atoms with Gasteiger partial charge < -0.3 is 15.3 Å². The van der Waals surface area contributed by atoms with Crippen LogP contribution >= 0.6 is 12.4 Å². The van der Waals surface area contributed by atoms with Crippen molar-refractivity contribution in [1.82, 2.24) is 10.2 Å². The van der Waals surface area contributed by atoms with Crippen LogP contribution < -0.4 is 5.32 Å². The van der Waals surface area contributed by atoms with Crippen LogP contribution in [0.3, 0.4) is 0 Å². The number of likely N-dealkylation sites (tertiary alicyclic amines) is 1. The normalized spacial score (nSPS) is 15.8. The van der Waals surface area contributed by atoms with Crippen molar-refractivity contribution in [1.29, 1.82) is 0 Å². The summed E-state index contributed by atoms with van der Waals surface area (Å²) in [5.74, 6) is 0. The molecule has 180 valence electrons. The Morgan fingerprint density at radius 3 is 1.85 bits per heavy atom. The number of amides is 1. The molecule has 0 atom stereocenters. The van der Waals surface area contributed by atoms with E-state index in [0.29, 0.717) is 6.54 Å². The SMILES string of the molecule is Cl.O=CNCC(CCCN1CCC(O)(c2ccccc2)CC1)(c1ccccc1)c1ccccc1. The minimum atomic E-state index is -0.719. The average Bonchev–Trinajstić information content (AvgIpc) is 2.89. The quantitative estimate of drug-likeness (QED) is 0.407. The van der Waals surface area contributed by atoms with E-state index in [0.717, 1.165) is 57.3 Å². The van der Waals surface area contributed by atoms with E-state index in [2.05, 4.69) is 58.7 Å². The second-order valence-corrected chi connectivity index (χ2v) is 9.16. The summed E-state index contributed by atoms with van der Waals surface area (Å²) in [6, 6.07) is 31.1. The lowest BCUT2D eigenvalue weighted by molar-refractivity contribution is -0.109. The zero-order chi connectivity index (χ0) is 23.0. The zero-order valence-electron chi connectivity index (χ0n) is 19.6. The van der Waals surface area contributed by atoms with E-state index in [1.165, 1.54) is 11.1 Å². The minimum absolute atomic E-state index is 0. The highest BCUT2D eigenvalue weighted by atomic mass is 35.5. The summed E-state index contributed by atoms with van der Waals surface area (Å²) >= 11 is 0. The third-order valence-corrected chi connectivity index (χ3v) is 7.21. The van der Waals surface area contributed by atoms with Crippen molar-refractivity contribution < 1.29 is 9.90 Å². The number of nitrogens with one attached hydrogen (secondary N) is 1. The van der Waals surface area contributed by atoms with Crippen molar-refractivity contribution in [3.05, 3.63) is 108 Å². The second kappa shape index (κ2) is 12.2. The summed E-state index contributed by atoms with van der Waals surface area (Å²) in [7, 11) is 0. The molecule has 5 heteroatoms. The zero-order valence-corrected chi connectivity index (χ0v) is 20.4. The lowest BCUT2D eigenvalue weighted by Gasteiger charge is -2.40. The number of halogens is 1. The summed E-state index contributed by atoms with van der Waals surface area (Å²) in [6.45, 7) is 3.33. The highest BCUT2D eigenvalue weighted by molar-refractivity contribution is 5.85. The molecular formula is C29H35ClN2O2. The Morgan fingerprint density at radius 2 is 1.35 bits per heavy atom. The number of hydrogen-bond acceptors (Lipinski definition) is 3. The van der Waals surface area contributed by atoms with Gasteiger partial charge in [0.05, 0.1) is 5.60 Å². The number of aliphatic hydroxyl groups is 1. The molecule has 4 rings (SSSR count). The number of carbonyl (C=O) groups excluding carboxylic acids is 1. The van der Waals surface area contributed by atoms with Crippen LogP contribution in [0.2, 0.25) is 0 Å². The Kier molecular flexibility index (Phi) is 9.28. The fraction of sp³-hybridized carbons (Fsp3) is 0.345. The Hall–Kier alpha value is -2.66. The number of rotatable bonds is 10. The Labute approximate surface area is 209 Å². The van der Waals surface area contributed by atoms with E-state index in [-0.39, 0.29) is 17.8 Å². The van der Waals surface area contributed by atoms with Crippen LogP contribution in [-0.4, -0.2) is 42.6 Å². The van der Waals surface area contributed by atoms with Crippen molar-refractivity contribution in [3.8, 4) is 0 Å². The van der Waals surface area contributed by atoms with Crippen molar-refractivity contribution in [3.63, 3.8) is 0 Å². The molecule has 1 fully saturated rings. The lowest BCUT2D eigenvalue weighted by atomic mass is 9.71. The largest absolute Gasteiger partial charge is 0.385 e. The fourth-order valence-electron chi connectivity index (χ4n) is 5.27. The predicted molar refractivity (Wildman–Crippen MR) is 140 cm³/mol. The monoisotopic (exact) mass is 478 g/mol. The highest BCUT2D eigenvalue weighted by Gasteiger charge is 2.36. The van der Waals surface area contributed by atoms with Crippen molar-refractivity contribution in [2.24, 2.45) is 0 Å². The van der Waals surface area contributed by atoms with Gasteiger partial charge >= 0.3 is 0 Å². The van der Waals surface area contributed by atoms with Gasteiger partial charge in [0.15, 0.2) is 0 Å². The van der Waals surface area contributed by atoms with Crippen LogP contribution in [0.1, 0.15) is 42.4 Å². The van der Waals surface area contributed by atoms with Crippen molar-refractivity contribution in [2.45, 2.75) is 36.7 Å². The Bertz CT molecular complexity index is 951. The number of benzene rings is 3. The van der Waals surface area contributed by atoms with Crippen LogP contribution in [-0.2, 0) is 15.8 Å². The Balaban J connectivity index is 0.00000324. The highest BCUT2D eigenvalue weighted by Crippen LogP contribution is 2.37. The molecule has 0 saturated carbocycles. The van der Waals surface area contributed by atoms with Gasteiger partial charge in [0.1, 0.15) is 0 Å². The first-order valence-corrected chi connectivity index (χ1v) is 11.9. The first-order chi connectivity index (χ1) is 16.2. The molecule has 0 bridgehead atoms. The number of piperidine rings is 1. The van der Waals surface area contributed by atoms with E-state index in [1.807, 2.05) is 42.5 Å². The Morgan fingerprint density at radius 1 is 0.853 bits per heavy atom. The van der Waals surface area contributed by atoms with E-state index < -0.39 is 5.60 Å². The molecule has 0 aliphatic carbocycles. The molecule has 0 unspecified atom stereocenters. The second-order valence-electron chi connectivity index (χ2n) is 9.16. The summed E-state index contributed by atoms with van der Waals surface area (Å²) < 4.78 is 0. The minimum Gasteiger partial charge on any atom is -0.385 e. The van der Waals surface area contributed by atoms with Gasteiger partial charge in [0.2, 0.25) is 6.41 Å². The van der Waals surface area contributed by atoms with Gasteiger partial charge in [0, 0.05) is 25.0 Å². The molecule has 1 heterocycles. The molecule has 1 saturated heterocycles. The van der Waals surface area contributed by atoms with E-state index in [9.17, 15) is 9.90 Å². The molecule has 34 heavy (non-hydrogen) atoms. The standard InChI is InChI=1S/C29H34N2O2.ClH/c32-24-30-23-28(25-11-4-1-5-12-25,26-13-6-2-7-14-26)17-10-20-31-21-18-29(33,19-22-31)27-15-8-3-9-16-27;/h1-9,11-16,24,33H,10,17-23H2,(H,30,32);1H. The molecule has 4 nitrogen and oxygen atoms in total. The molecular weight excluding hydrogens is 444 g/mol. The third kappa shape index (κ3) is 5.87. The fourth-order valence-corrected chi connectivity index (χ4v) is 5.27. The van der Waals surface area contributed by atoms with Gasteiger partial charge in [0.25, 0.3) is 0 Å². The lowest BCUT2D eigenvalue weighted by Crippen LogP contribution is -2.44. The summed E-state index contributed by atoms with van der Waals surface area (Å²) in [5, 5.41) is 14.1. The van der Waals surface area contributed by atoms with Crippen LogP contribution in [0.5, 0.6) is 0 Å². The maximum atomic E-state index is 11.3. The summed E-state index contributed by atoms with van der Waals surface area (Å²) in [6.07, 6.45) is 4.25. The van der Waals surface area contributed by atoms with Crippen LogP contribution in [0.25, 0.3) is 0 Å². The average molecular weight is 479 g/mol. The smallest absolute Gasteiger partial charge is 0.207 e. The molecule has 0 radical (unpaired) electrons. The van der Waals surface area contributed by atoms with Crippen LogP contribution in [0.4, 0.5) is 0 Å². The maximum absolute atomic E-state index is 11.3. The molecule has 0 aromatic heterocycles. The topological polar surface area (TPSA) is 52.6 Å². The van der Waals surface area contributed by atoms with E-state index in [4.69, 9.17) is 0 Å². The van der Waals surface area contributed by atoms with Gasteiger partial charge in [-0.1, -0.05) is 91.0 Å². The molecule has 1 aliphatic rings. The van der Waals surface area contributed by atoms with E-state index in [1.54, 1.807) is 0 Å². The van der Waals surface area contributed by atoms with Crippen LogP contribution in [0, 0.1) is 0 Å². The molecule has 3 aromatic rings. The summed E-state index contributed by atoms with van der Waals surface area (Å²) in [5.41, 5.74) is 2.48. The summed E-state index contributed by atoms with van der Waals surface area (Å²) in [4.78, 5) is 13.7. The molecule has 3 aromatic carbocycles. The predicted octanol–water partition coefficient (Wildman–Crippen LogP) is 4.90. The maximum Gasteiger partial charge on any atom is 0.207 e. The first-order valence-electron chi connectivity index (χ1n) is 11.9. The number of hydrogen-bond donors (Lipinski definition) is 2. The molecule has 0 spiro atoms. The molecule has 1 amide bonds. The van der Waals surface area contributed by atoms with Gasteiger partial charge in [-0.2, -0.15) is 0 Å². The van der Waals surface area contributed by atoms with Crippen molar-refractivity contribution >= 4 is 18.8 Å². The van der Waals surface area contributed by atoms with Gasteiger partial charge in [-0.15, -0.1) is 12.4 Å². The van der Waals surface area contributed by atoms with E-state index >= 15 is 0 Å². The number of nitrogens with zero attached hydrogens (tertiary/aromatic N) is 1. The third-order valence-electron chi connectivity index (χ3n) is 7.21. The van der Waals surface area contributed by atoms with Gasteiger partial charge in [-0.05, 0) is 48.9 Å². The van der Waals surface area contributed by atoms with Gasteiger partial charge in [-0.3, -0.25) is 4.79 Å². The molecule has 2 N–H and O–H groups in total.